The predicted octanol–water partition coefficient (Wildman–Crippen LogP) is 4.98. The normalized spacial score (nSPS) is 17.8. The number of amides is 1. The second-order valence-electron chi connectivity index (χ2n) is 8.57. The largest absolute Gasteiger partial charge is 0.307 e. The van der Waals surface area contributed by atoms with E-state index in [1.807, 2.05) is 44.2 Å². The highest BCUT2D eigenvalue weighted by atomic mass is 32.2. The molecule has 1 N–H and O–H groups in total. The van der Waals surface area contributed by atoms with Crippen LogP contribution in [0.2, 0.25) is 0 Å². The van der Waals surface area contributed by atoms with Crippen LogP contribution < -0.4 is 9.62 Å². The number of benzene rings is 3. The molecule has 4 rings (SSSR count). The lowest BCUT2D eigenvalue weighted by Crippen LogP contribution is -2.41. The van der Waals surface area contributed by atoms with Gasteiger partial charge in [0, 0.05) is 18.4 Å². The molecular formula is C24H26N2O3S. The summed E-state index contributed by atoms with van der Waals surface area (Å²) < 4.78 is 29.1. The van der Waals surface area contributed by atoms with Gasteiger partial charge in [-0.25, -0.2) is 8.42 Å². The number of nitrogens with zero attached hydrogens (tertiary/aromatic N) is 1. The summed E-state index contributed by atoms with van der Waals surface area (Å²) in [4.78, 5) is 14.5. The molecule has 1 aliphatic rings. The van der Waals surface area contributed by atoms with Crippen LogP contribution in [0.3, 0.4) is 0 Å². The summed E-state index contributed by atoms with van der Waals surface area (Å²) >= 11 is 0. The Kier molecular flexibility index (Phi) is 4.66. The van der Waals surface area contributed by atoms with Crippen LogP contribution in [-0.4, -0.2) is 20.4 Å². The highest BCUT2D eigenvalue weighted by Crippen LogP contribution is 2.52. The molecule has 0 bridgehead atoms. The molecule has 3 aromatic rings. The van der Waals surface area contributed by atoms with Crippen molar-refractivity contribution in [3.63, 3.8) is 0 Å². The summed E-state index contributed by atoms with van der Waals surface area (Å²) in [6.45, 7) is 9.64. The molecule has 30 heavy (non-hydrogen) atoms. The van der Waals surface area contributed by atoms with E-state index in [0.717, 1.165) is 21.9 Å². The predicted molar refractivity (Wildman–Crippen MR) is 122 cm³/mol. The third-order valence-electron chi connectivity index (χ3n) is 6.25. The summed E-state index contributed by atoms with van der Waals surface area (Å²) in [6.07, 6.45) is 0. The summed E-state index contributed by atoms with van der Waals surface area (Å²) in [5.41, 5.74) is 2.71. The molecule has 0 spiro atoms. The monoisotopic (exact) mass is 422 g/mol. The van der Waals surface area contributed by atoms with Crippen molar-refractivity contribution in [2.75, 3.05) is 9.62 Å². The van der Waals surface area contributed by atoms with Crippen LogP contribution in [0.25, 0.3) is 10.8 Å². The van der Waals surface area contributed by atoms with E-state index >= 15 is 0 Å². The van der Waals surface area contributed by atoms with Crippen LogP contribution in [0.15, 0.2) is 59.5 Å². The first-order valence-electron chi connectivity index (χ1n) is 9.99. The van der Waals surface area contributed by atoms with Crippen molar-refractivity contribution in [3.05, 3.63) is 65.7 Å². The van der Waals surface area contributed by atoms with Crippen LogP contribution in [0.1, 0.15) is 38.8 Å². The van der Waals surface area contributed by atoms with Crippen molar-refractivity contribution in [2.45, 2.75) is 51.0 Å². The van der Waals surface area contributed by atoms with E-state index < -0.39 is 10.0 Å². The zero-order valence-corrected chi connectivity index (χ0v) is 18.7. The number of hydrogen-bond acceptors (Lipinski definition) is 3. The number of carbonyl (C=O) groups is 1. The summed E-state index contributed by atoms with van der Waals surface area (Å²) in [7, 11) is -3.81. The van der Waals surface area contributed by atoms with Gasteiger partial charge >= 0.3 is 0 Å². The Balaban J connectivity index is 1.98. The van der Waals surface area contributed by atoms with Crippen LogP contribution >= 0.6 is 0 Å². The molecule has 156 valence electrons. The quantitative estimate of drug-likeness (QED) is 0.647. The maximum atomic E-state index is 13.2. The highest BCUT2D eigenvalue weighted by Gasteiger charge is 2.46. The smallest absolute Gasteiger partial charge is 0.261 e. The van der Waals surface area contributed by atoms with Crippen molar-refractivity contribution >= 4 is 38.1 Å². The van der Waals surface area contributed by atoms with E-state index in [-0.39, 0.29) is 22.3 Å². The third-order valence-corrected chi connectivity index (χ3v) is 7.64. The number of aryl methyl sites for hydroxylation is 1. The van der Waals surface area contributed by atoms with Gasteiger partial charge < -0.3 is 4.90 Å². The molecule has 5 nitrogen and oxygen atoms in total. The van der Waals surface area contributed by atoms with Crippen molar-refractivity contribution in [2.24, 2.45) is 0 Å². The SMILES string of the molecule is CC(=O)N1c2c(NS(=O)(=O)c3ccc(C)cc3)cc3ccccc3c2C(C)(C)C1C. The second-order valence-corrected chi connectivity index (χ2v) is 10.3. The Labute approximate surface area is 177 Å². The molecule has 0 saturated carbocycles. The Bertz CT molecular complexity index is 1260. The van der Waals surface area contributed by atoms with Gasteiger partial charge in [0.25, 0.3) is 10.0 Å². The van der Waals surface area contributed by atoms with E-state index in [4.69, 9.17) is 0 Å². The molecule has 0 fully saturated rings. The van der Waals surface area contributed by atoms with E-state index in [0.29, 0.717) is 11.4 Å². The lowest BCUT2D eigenvalue weighted by molar-refractivity contribution is -0.117. The zero-order chi connectivity index (χ0) is 21.8. The van der Waals surface area contributed by atoms with Gasteiger partial charge in [-0.3, -0.25) is 9.52 Å². The van der Waals surface area contributed by atoms with Crippen molar-refractivity contribution in [1.82, 2.24) is 0 Å². The van der Waals surface area contributed by atoms with Crippen LogP contribution in [0.4, 0.5) is 11.4 Å². The number of carbonyl (C=O) groups excluding carboxylic acids is 1. The van der Waals surface area contributed by atoms with Gasteiger partial charge in [0.2, 0.25) is 5.91 Å². The van der Waals surface area contributed by atoms with Gasteiger partial charge in [0.05, 0.1) is 16.3 Å². The van der Waals surface area contributed by atoms with Crippen molar-refractivity contribution in [1.29, 1.82) is 0 Å². The maximum Gasteiger partial charge on any atom is 0.261 e. The first-order chi connectivity index (χ1) is 14.0. The number of fused-ring (bicyclic) bond motifs is 3. The average molecular weight is 423 g/mol. The Morgan fingerprint density at radius 3 is 2.33 bits per heavy atom. The molecular weight excluding hydrogens is 396 g/mol. The minimum Gasteiger partial charge on any atom is -0.307 e. The Morgan fingerprint density at radius 1 is 1.07 bits per heavy atom. The number of rotatable bonds is 3. The van der Waals surface area contributed by atoms with E-state index in [2.05, 4.69) is 18.6 Å². The average Bonchev–Trinajstić information content (AvgIpc) is 2.89. The summed E-state index contributed by atoms with van der Waals surface area (Å²) in [5, 5.41) is 1.97. The topological polar surface area (TPSA) is 66.5 Å². The lowest BCUT2D eigenvalue weighted by atomic mass is 9.79. The number of nitrogens with one attached hydrogen (secondary N) is 1. The molecule has 1 heterocycles. The van der Waals surface area contributed by atoms with Gasteiger partial charge in [-0.1, -0.05) is 55.8 Å². The van der Waals surface area contributed by atoms with Gasteiger partial charge in [-0.15, -0.1) is 0 Å². The van der Waals surface area contributed by atoms with E-state index in [9.17, 15) is 13.2 Å². The molecule has 0 radical (unpaired) electrons. The van der Waals surface area contributed by atoms with Crippen LogP contribution in [0, 0.1) is 6.92 Å². The van der Waals surface area contributed by atoms with E-state index in [1.165, 1.54) is 6.92 Å². The van der Waals surface area contributed by atoms with Gasteiger partial charge in [0.15, 0.2) is 0 Å². The van der Waals surface area contributed by atoms with Gasteiger partial charge in [0.1, 0.15) is 0 Å². The minimum absolute atomic E-state index is 0.111. The fourth-order valence-corrected chi connectivity index (χ4v) is 5.45. The Hall–Kier alpha value is -2.86. The first-order valence-corrected chi connectivity index (χ1v) is 11.5. The van der Waals surface area contributed by atoms with Crippen molar-refractivity contribution < 1.29 is 13.2 Å². The van der Waals surface area contributed by atoms with E-state index in [1.54, 1.807) is 29.2 Å². The first kappa shape index (κ1) is 20.4. The second kappa shape index (κ2) is 6.84. The van der Waals surface area contributed by atoms with Crippen molar-refractivity contribution in [3.8, 4) is 0 Å². The van der Waals surface area contributed by atoms with Crippen LogP contribution in [-0.2, 0) is 20.2 Å². The third kappa shape index (κ3) is 3.06. The van der Waals surface area contributed by atoms with Gasteiger partial charge in [-0.05, 0) is 48.4 Å². The summed E-state index contributed by atoms with van der Waals surface area (Å²) in [6, 6.07) is 16.3. The number of hydrogen-bond donors (Lipinski definition) is 1. The molecule has 1 unspecified atom stereocenters. The fraction of sp³-hybridized carbons (Fsp3) is 0.292. The standard InChI is InChI=1S/C24H26N2O3S/c1-15-10-12-19(13-11-15)30(28,29)25-21-14-18-8-6-7-9-20(18)22-23(21)26(17(3)27)16(2)24(22,4)5/h6-14,16,25H,1-5H3. The minimum atomic E-state index is -3.81. The fourth-order valence-electron chi connectivity index (χ4n) is 4.39. The molecule has 1 atom stereocenters. The molecule has 1 aliphatic heterocycles. The lowest BCUT2D eigenvalue weighted by Gasteiger charge is -2.29. The molecule has 3 aromatic carbocycles. The summed E-state index contributed by atoms with van der Waals surface area (Å²) in [5.74, 6) is -0.111. The molecule has 1 amide bonds. The molecule has 0 saturated heterocycles. The number of sulfonamides is 1. The highest BCUT2D eigenvalue weighted by molar-refractivity contribution is 7.92. The maximum absolute atomic E-state index is 13.2. The molecule has 6 heteroatoms. The van der Waals surface area contributed by atoms with Crippen LogP contribution in [0.5, 0.6) is 0 Å². The zero-order valence-electron chi connectivity index (χ0n) is 17.9. The Morgan fingerprint density at radius 2 is 1.70 bits per heavy atom. The molecule has 0 aromatic heterocycles. The molecule has 0 aliphatic carbocycles. The van der Waals surface area contributed by atoms with Gasteiger partial charge in [-0.2, -0.15) is 0 Å². The number of anilines is 2.